The number of fused-ring (bicyclic) bond motifs is 1. The van der Waals surface area contributed by atoms with Gasteiger partial charge in [-0.15, -0.1) is 5.69 Å². The second-order valence-corrected chi connectivity index (χ2v) is 8.54. The molecule has 0 saturated heterocycles. The van der Waals surface area contributed by atoms with E-state index in [1.807, 2.05) is 12.2 Å². The molecule has 0 aliphatic heterocycles. The van der Waals surface area contributed by atoms with Gasteiger partial charge in [0.25, 0.3) is 4.84 Å². The summed E-state index contributed by atoms with van der Waals surface area (Å²) >= 11 is 5.35. The van der Waals surface area contributed by atoms with Crippen LogP contribution in [0.3, 0.4) is 0 Å². The monoisotopic (exact) mass is 445 g/mol. The number of benzene rings is 2. The van der Waals surface area contributed by atoms with Crippen LogP contribution in [-0.4, -0.2) is 33.2 Å². The first-order chi connectivity index (χ1) is 14.4. The van der Waals surface area contributed by atoms with Crippen LogP contribution in [0.2, 0.25) is 0 Å². The van der Waals surface area contributed by atoms with Gasteiger partial charge in [-0.3, -0.25) is 4.57 Å². The van der Waals surface area contributed by atoms with Crippen LogP contribution >= 0.6 is 12.2 Å². The first-order valence-corrected chi connectivity index (χ1v) is 11.0. The van der Waals surface area contributed by atoms with E-state index in [0.29, 0.717) is 42.3 Å². The lowest BCUT2D eigenvalue weighted by molar-refractivity contribution is -0.911. The Labute approximate surface area is 180 Å². The average molecular weight is 446 g/mol. The highest BCUT2D eigenvalue weighted by atomic mass is 32.2. The van der Waals surface area contributed by atoms with E-state index in [0.717, 1.165) is 4.90 Å². The van der Waals surface area contributed by atoms with Crippen LogP contribution < -0.4 is 9.64 Å². The summed E-state index contributed by atoms with van der Waals surface area (Å²) in [6.07, 6.45) is 3.63. The Balaban J connectivity index is 1.95. The Hall–Kier alpha value is -2.88. The van der Waals surface area contributed by atoms with Crippen molar-refractivity contribution in [1.29, 1.82) is 0 Å². The van der Waals surface area contributed by atoms with E-state index in [4.69, 9.17) is 21.4 Å². The maximum Gasteiger partial charge on any atom is 0.274 e. The van der Waals surface area contributed by atoms with Gasteiger partial charge in [-0.2, -0.15) is 0 Å². The third kappa shape index (κ3) is 4.81. The molecule has 0 atom stereocenters. The molecular weight excluding hydrogens is 422 g/mol. The molecule has 0 saturated carbocycles. The number of quaternary nitrogens is 1. The standard InChI is InChI=1S/C21H22N3O4S2/c1-4-12-23(13-5-2)15-24-19-14-18(10-11-20(19)28-21(24)29)30(25,26)22-16-6-8-17(27-3)9-7-16/h4-11,14H,1-2,12-13,15H2,3H3/q-1/p+1. The van der Waals surface area contributed by atoms with Crippen LogP contribution in [-0.2, 0) is 16.7 Å². The minimum absolute atomic E-state index is 0.0596. The largest absolute Gasteiger partial charge is 0.573 e. The summed E-state index contributed by atoms with van der Waals surface area (Å²) in [5.41, 5.74) is 1.42. The van der Waals surface area contributed by atoms with Crippen LogP contribution in [0, 0.1) is 4.84 Å². The number of rotatable bonds is 10. The van der Waals surface area contributed by atoms with Crippen LogP contribution in [0.5, 0.6) is 5.75 Å². The summed E-state index contributed by atoms with van der Waals surface area (Å²) in [5.74, 6) is 0.622. The fraction of sp³-hybridized carbons (Fsp3) is 0.190. The van der Waals surface area contributed by atoms with Gasteiger partial charge in [0.05, 0.1) is 30.6 Å². The highest BCUT2D eigenvalue weighted by Gasteiger charge is 2.15. The molecule has 0 bridgehead atoms. The van der Waals surface area contributed by atoms with E-state index in [2.05, 4.69) is 17.9 Å². The van der Waals surface area contributed by atoms with Gasteiger partial charge in [-0.05, 0) is 54.7 Å². The minimum Gasteiger partial charge on any atom is -0.573 e. The lowest BCUT2D eigenvalue weighted by Crippen LogP contribution is -3.11. The van der Waals surface area contributed by atoms with Gasteiger partial charge in [-0.1, -0.05) is 25.3 Å². The second kappa shape index (κ2) is 9.29. The number of nitrogens with one attached hydrogen (secondary N) is 1. The average Bonchev–Trinajstić information content (AvgIpc) is 3.03. The van der Waals surface area contributed by atoms with Gasteiger partial charge in [0.2, 0.25) is 0 Å². The summed E-state index contributed by atoms with van der Waals surface area (Å²) in [4.78, 5) is 1.47. The Morgan fingerprint density at radius 2 is 1.83 bits per heavy atom. The number of nitrogens with zero attached hydrogens (tertiary/aromatic N) is 2. The third-order valence-electron chi connectivity index (χ3n) is 4.48. The third-order valence-corrected chi connectivity index (χ3v) is 6.09. The minimum atomic E-state index is -3.92. The topological polar surface area (TPSA) is 80.0 Å². The van der Waals surface area contributed by atoms with Crippen molar-refractivity contribution in [1.82, 2.24) is 4.57 Å². The van der Waals surface area contributed by atoms with Gasteiger partial charge in [0, 0.05) is 0 Å². The molecule has 0 amide bonds. The fourth-order valence-electron chi connectivity index (χ4n) is 3.03. The molecule has 1 aromatic heterocycles. The van der Waals surface area contributed by atoms with Crippen LogP contribution in [0.25, 0.3) is 15.8 Å². The number of hydrogen-bond acceptors (Lipinski definition) is 5. The molecule has 0 spiro atoms. The quantitative estimate of drug-likeness (QED) is 0.381. The number of methoxy groups -OCH3 is 1. The molecule has 0 aliphatic carbocycles. The van der Waals surface area contributed by atoms with Crippen molar-refractivity contribution in [3.05, 3.63) is 77.3 Å². The molecule has 0 radical (unpaired) electrons. The molecular formula is C21H23N3O4S2. The van der Waals surface area contributed by atoms with Crippen LogP contribution in [0.15, 0.2) is 77.1 Å². The number of hydrogen-bond donors (Lipinski definition) is 1. The van der Waals surface area contributed by atoms with Crippen molar-refractivity contribution in [2.24, 2.45) is 0 Å². The van der Waals surface area contributed by atoms with E-state index in [9.17, 15) is 8.42 Å². The molecule has 1 N–H and O–H groups in total. The molecule has 0 unspecified atom stereocenters. The van der Waals surface area contributed by atoms with E-state index in [1.165, 1.54) is 12.1 Å². The first-order valence-electron chi connectivity index (χ1n) is 9.18. The van der Waals surface area contributed by atoms with Crippen LogP contribution in [0.1, 0.15) is 0 Å². The number of sulfonamides is 1. The molecule has 0 fully saturated rings. The molecule has 2 aromatic carbocycles. The Morgan fingerprint density at radius 3 is 2.43 bits per heavy atom. The molecule has 9 heteroatoms. The van der Waals surface area contributed by atoms with Gasteiger partial charge >= 0.3 is 0 Å². The highest BCUT2D eigenvalue weighted by Crippen LogP contribution is 2.31. The van der Waals surface area contributed by atoms with Crippen molar-refractivity contribution in [2.75, 3.05) is 20.2 Å². The van der Waals surface area contributed by atoms with Crippen LogP contribution in [0.4, 0.5) is 5.69 Å². The summed E-state index contributed by atoms with van der Waals surface area (Å²) < 4.78 is 42.1. The Kier molecular flexibility index (Phi) is 6.76. The molecule has 30 heavy (non-hydrogen) atoms. The molecule has 7 nitrogen and oxygen atoms in total. The number of ether oxygens (including phenoxy) is 1. The van der Waals surface area contributed by atoms with Crippen molar-refractivity contribution >= 4 is 39.0 Å². The van der Waals surface area contributed by atoms with Gasteiger partial charge in [-0.25, -0.2) is 8.42 Å². The highest BCUT2D eigenvalue weighted by molar-refractivity contribution is 7.94. The molecule has 0 aliphatic rings. The summed E-state index contributed by atoms with van der Waals surface area (Å²) in [5, 5.41) is 0. The van der Waals surface area contributed by atoms with Gasteiger partial charge in [0.1, 0.15) is 15.8 Å². The van der Waals surface area contributed by atoms with E-state index < -0.39 is 10.0 Å². The predicted octanol–water partition coefficient (Wildman–Crippen LogP) is 3.58. The lowest BCUT2D eigenvalue weighted by atomic mass is 10.3. The summed E-state index contributed by atoms with van der Waals surface area (Å²) in [7, 11) is -2.38. The fourth-order valence-corrected chi connectivity index (χ4v) is 4.29. The predicted molar refractivity (Wildman–Crippen MR) is 119 cm³/mol. The number of oxazole rings is 1. The zero-order chi connectivity index (χ0) is 21.7. The van der Waals surface area contributed by atoms with E-state index >= 15 is 0 Å². The van der Waals surface area contributed by atoms with Crippen molar-refractivity contribution in [2.45, 2.75) is 11.6 Å². The molecule has 1 heterocycles. The zero-order valence-electron chi connectivity index (χ0n) is 16.6. The van der Waals surface area contributed by atoms with E-state index in [1.54, 1.807) is 42.0 Å². The first kappa shape index (κ1) is 21.8. The number of aromatic nitrogens is 1. The molecule has 3 aromatic rings. The van der Waals surface area contributed by atoms with Crippen molar-refractivity contribution < 1.29 is 22.5 Å². The molecule has 158 valence electrons. The maximum atomic E-state index is 12.8. The Morgan fingerprint density at radius 1 is 1.17 bits per heavy atom. The van der Waals surface area contributed by atoms with Gasteiger partial charge < -0.3 is 18.8 Å². The van der Waals surface area contributed by atoms with E-state index in [-0.39, 0.29) is 9.73 Å². The normalized spacial score (nSPS) is 11.5. The van der Waals surface area contributed by atoms with Crippen molar-refractivity contribution in [3.8, 4) is 5.75 Å². The Bertz CT molecular complexity index is 1200. The lowest BCUT2D eigenvalue weighted by Gasteiger charge is -2.22. The zero-order valence-corrected chi connectivity index (χ0v) is 18.2. The summed E-state index contributed by atoms with van der Waals surface area (Å²) in [6.45, 7) is 9.45. The summed E-state index contributed by atoms with van der Waals surface area (Å²) in [6, 6.07) is 11.1. The van der Waals surface area contributed by atoms with Gasteiger partial charge in [0.15, 0.2) is 12.3 Å². The molecule has 3 rings (SSSR count). The smallest absolute Gasteiger partial charge is 0.274 e. The SMILES string of the molecule is C=CC[NH+](CC=C)Cn1c(=S)oc2ccc(S(=O)(=O)[N-]c3ccc(OC)cc3)cc21. The van der Waals surface area contributed by atoms with Crippen molar-refractivity contribution in [3.63, 3.8) is 0 Å². The maximum absolute atomic E-state index is 12.8. The second-order valence-electron chi connectivity index (χ2n) is 6.58.